The third-order valence-electron chi connectivity index (χ3n) is 5.06. The third kappa shape index (κ3) is 2.73. The predicted molar refractivity (Wildman–Crippen MR) is 105 cm³/mol. The van der Waals surface area contributed by atoms with Gasteiger partial charge < -0.3 is 9.88 Å². The molecule has 0 bridgehead atoms. The van der Waals surface area contributed by atoms with Crippen LogP contribution in [0.25, 0.3) is 11.0 Å². The average Bonchev–Trinajstić information content (AvgIpc) is 3.26. The number of rotatable bonds is 3. The average molecular weight is 414 g/mol. The maximum absolute atomic E-state index is 4.80. The van der Waals surface area contributed by atoms with Crippen LogP contribution in [-0.4, -0.2) is 50.4 Å². The molecule has 1 saturated heterocycles. The van der Waals surface area contributed by atoms with E-state index in [9.17, 15) is 0 Å². The summed E-state index contributed by atoms with van der Waals surface area (Å²) in [6.45, 7) is 2.80. The molecule has 2 aliphatic heterocycles. The van der Waals surface area contributed by atoms with E-state index in [1.54, 1.807) is 0 Å². The minimum absolute atomic E-state index is 0.0241. The molecule has 0 spiro atoms. The number of hydrogen-bond acceptors (Lipinski definition) is 5. The lowest BCUT2D eigenvalue weighted by atomic mass is 10.1. The van der Waals surface area contributed by atoms with Gasteiger partial charge in [-0.1, -0.05) is 18.6 Å². The molecule has 1 atom stereocenters. The van der Waals surface area contributed by atoms with Gasteiger partial charge in [-0.3, -0.25) is 4.90 Å². The molecule has 0 saturated carbocycles. The van der Waals surface area contributed by atoms with Gasteiger partial charge in [0.25, 0.3) is 0 Å². The number of fused-ring (bicyclic) bond motifs is 2. The summed E-state index contributed by atoms with van der Waals surface area (Å²) in [6, 6.07) is 8.13. The van der Waals surface area contributed by atoms with Crippen molar-refractivity contribution in [3.63, 3.8) is 0 Å². The first-order chi connectivity index (χ1) is 12.8. The van der Waals surface area contributed by atoms with E-state index >= 15 is 0 Å². The van der Waals surface area contributed by atoms with Crippen LogP contribution in [0.5, 0.6) is 0 Å². The Morgan fingerprint density at radius 2 is 2.00 bits per heavy atom. The molecule has 1 unspecified atom stereocenters. The van der Waals surface area contributed by atoms with Crippen molar-refractivity contribution in [3.8, 4) is 0 Å². The van der Waals surface area contributed by atoms with Crippen LogP contribution in [0.4, 0.5) is 5.82 Å². The van der Waals surface area contributed by atoms with Crippen molar-refractivity contribution in [2.24, 2.45) is 4.99 Å². The number of piperidine rings is 1. The maximum atomic E-state index is 4.80. The predicted octanol–water partition coefficient (Wildman–Crippen LogP) is 3.19. The summed E-state index contributed by atoms with van der Waals surface area (Å²) in [5.74, 6) is 1.96. The number of para-hydroxylation sites is 2. The van der Waals surface area contributed by atoms with Crippen LogP contribution in [-0.2, 0) is 6.54 Å². The second-order valence-corrected chi connectivity index (χ2v) is 7.65. The number of likely N-dealkylation sites (tertiary alicyclic amines) is 1. The number of aromatic nitrogens is 4. The fourth-order valence-corrected chi connectivity index (χ4v) is 4.34. The van der Waals surface area contributed by atoms with Crippen LogP contribution in [0.1, 0.15) is 25.1 Å². The molecule has 3 aromatic rings. The van der Waals surface area contributed by atoms with Gasteiger partial charge in [-0.25, -0.2) is 14.7 Å². The maximum Gasteiger partial charge on any atom is 0.182 e. The van der Waals surface area contributed by atoms with Gasteiger partial charge in [-0.15, -0.1) is 0 Å². The molecule has 8 heteroatoms. The molecule has 2 aromatic heterocycles. The molecular weight excluding hydrogens is 394 g/mol. The molecule has 4 heterocycles. The van der Waals surface area contributed by atoms with E-state index in [1.165, 1.54) is 19.3 Å². The number of halogens is 1. The number of imidazole rings is 1. The zero-order valence-corrected chi connectivity index (χ0v) is 15.9. The van der Waals surface area contributed by atoms with Gasteiger partial charge in [0.2, 0.25) is 0 Å². The highest BCUT2D eigenvalue weighted by Crippen LogP contribution is 2.32. The SMILES string of the molecule is Brc1cnn2c1N(Cc1nc3ccccc3[nH]1)C(N1CCCCC1)N=C2. The third-order valence-corrected chi connectivity index (χ3v) is 5.62. The van der Waals surface area contributed by atoms with Crippen molar-refractivity contribution in [2.45, 2.75) is 32.1 Å². The monoisotopic (exact) mass is 413 g/mol. The van der Waals surface area contributed by atoms with Gasteiger partial charge in [0, 0.05) is 13.1 Å². The number of nitrogens with zero attached hydrogens (tertiary/aromatic N) is 6. The van der Waals surface area contributed by atoms with E-state index in [1.807, 2.05) is 35.4 Å². The highest BCUT2D eigenvalue weighted by Gasteiger charge is 2.32. The van der Waals surface area contributed by atoms with Crippen LogP contribution in [0, 0.1) is 0 Å². The van der Waals surface area contributed by atoms with Crippen LogP contribution in [0.3, 0.4) is 0 Å². The highest BCUT2D eigenvalue weighted by molar-refractivity contribution is 9.10. The first kappa shape index (κ1) is 16.0. The molecule has 134 valence electrons. The smallest absolute Gasteiger partial charge is 0.182 e. The van der Waals surface area contributed by atoms with Crippen molar-refractivity contribution >= 4 is 39.1 Å². The molecule has 1 aromatic carbocycles. The minimum Gasteiger partial charge on any atom is -0.340 e. The summed E-state index contributed by atoms with van der Waals surface area (Å²) in [5, 5.41) is 4.40. The molecule has 1 N–H and O–H groups in total. The van der Waals surface area contributed by atoms with Crippen molar-refractivity contribution in [1.82, 2.24) is 24.6 Å². The summed E-state index contributed by atoms with van der Waals surface area (Å²) < 4.78 is 2.80. The topological polar surface area (TPSA) is 65.3 Å². The van der Waals surface area contributed by atoms with Crippen molar-refractivity contribution in [1.29, 1.82) is 0 Å². The van der Waals surface area contributed by atoms with Crippen LogP contribution in [0.15, 0.2) is 39.9 Å². The molecule has 2 aliphatic rings. The second-order valence-electron chi connectivity index (χ2n) is 6.80. The van der Waals surface area contributed by atoms with E-state index in [0.29, 0.717) is 6.54 Å². The number of anilines is 1. The molecule has 0 amide bonds. The zero-order valence-electron chi connectivity index (χ0n) is 14.3. The lowest BCUT2D eigenvalue weighted by molar-refractivity contribution is 0.158. The zero-order chi connectivity index (χ0) is 17.5. The first-order valence-corrected chi connectivity index (χ1v) is 9.79. The van der Waals surface area contributed by atoms with E-state index in [0.717, 1.165) is 40.2 Å². The van der Waals surface area contributed by atoms with Crippen LogP contribution >= 0.6 is 15.9 Å². The Kier molecular flexibility index (Phi) is 4.01. The van der Waals surface area contributed by atoms with Crippen molar-refractivity contribution in [2.75, 3.05) is 18.0 Å². The summed E-state index contributed by atoms with van der Waals surface area (Å²) >= 11 is 3.66. The Hall–Kier alpha value is -2.19. The number of aliphatic imine (C=N–C) groups is 1. The number of nitrogens with one attached hydrogen (secondary N) is 1. The van der Waals surface area contributed by atoms with E-state index in [2.05, 4.69) is 41.9 Å². The Morgan fingerprint density at radius 3 is 2.85 bits per heavy atom. The van der Waals surface area contributed by atoms with Gasteiger partial charge in [0.1, 0.15) is 12.2 Å². The van der Waals surface area contributed by atoms with Crippen LogP contribution in [0.2, 0.25) is 0 Å². The summed E-state index contributed by atoms with van der Waals surface area (Å²) in [4.78, 5) is 17.7. The Labute approximate surface area is 159 Å². The van der Waals surface area contributed by atoms with E-state index in [-0.39, 0.29) is 6.29 Å². The van der Waals surface area contributed by atoms with E-state index in [4.69, 9.17) is 9.98 Å². The van der Waals surface area contributed by atoms with Crippen molar-refractivity contribution < 1.29 is 0 Å². The number of H-pyrrole nitrogens is 1. The Bertz CT molecular complexity index is 921. The number of aromatic amines is 1. The molecule has 1 fully saturated rings. The summed E-state index contributed by atoms with van der Waals surface area (Å²) in [6.07, 6.45) is 7.39. The van der Waals surface area contributed by atoms with Gasteiger partial charge in [-0.2, -0.15) is 5.10 Å². The number of benzene rings is 1. The Morgan fingerprint density at radius 1 is 1.15 bits per heavy atom. The molecular formula is C18H20BrN7. The first-order valence-electron chi connectivity index (χ1n) is 9.00. The standard InChI is InChI=1S/C18H20BrN7/c19-13-10-21-26-12-20-18(24-8-4-1-5-9-24)25(17(13)26)11-16-22-14-6-2-3-7-15(14)23-16/h2-3,6-7,10,12,18H,1,4-5,8-9,11H2,(H,22,23). The summed E-state index contributed by atoms with van der Waals surface area (Å²) in [7, 11) is 0. The largest absolute Gasteiger partial charge is 0.340 e. The van der Waals surface area contributed by atoms with Crippen LogP contribution < -0.4 is 4.90 Å². The molecule has 0 aliphatic carbocycles. The second kappa shape index (κ2) is 6.51. The summed E-state index contributed by atoms with van der Waals surface area (Å²) in [5.41, 5.74) is 2.05. The minimum atomic E-state index is -0.0241. The number of hydrogen-bond donors (Lipinski definition) is 1. The van der Waals surface area contributed by atoms with Gasteiger partial charge in [0.05, 0.1) is 28.2 Å². The highest BCUT2D eigenvalue weighted by atomic mass is 79.9. The van der Waals surface area contributed by atoms with Crippen molar-refractivity contribution in [3.05, 3.63) is 40.8 Å². The lowest BCUT2D eigenvalue weighted by Crippen LogP contribution is -2.51. The lowest BCUT2D eigenvalue weighted by Gasteiger charge is -2.41. The van der Waals surface area contributed by atoms with Gasteiger partial charge in [0.15, 0.2) is 12.1 Å². The molecule has 5 rings (SSSR count). The quantitative estimate of drug-likeness (QED) is 0.715. The normalized spacial score (nSPS) is 20.7. The Balaban J connectivity index is 1.52. The molecule has 26 heavy (non-hydrogen) atoms. The van der Waals surface area contributed by atoms with E-state index < -0.39 is 0 Å². The van der Waals surface area contributed by atoms with Gasteiger partial charge >= 0.3 is 0 Å². The fourth-order valence-electron chi connectivity index (χ4n) is 3.84. The van der Waals surface area contributed by atoms with Gasteiger partial charge in [-0.05, 0) is 40.9 Å². The molecule has 0 radical (unpaired) electrons. The fraction of sp³-hybridized carbons (Fsp3) is 0.389. The molecule has 7 nitrogen and oxygen atoms in total.